The van der Waals surface area contributed by atoms with E-state index in [9.17, 15) is 26.3 Å². The number of halogens is 6. The lowest BCUT2D eigenvalue weighted by atomic mass is 9.82. The fraction of sp³-hybridized carbons (Fsp3) is 0.250. The van der Waals surface area contributed by atoms with E-state index in [1.807, 2.05) is 0 Å². The highest BCUT2D eigenvalue weighted by Crippen LogP contribution is 2.50. The molecule has 1 aliphatic carbocycles. The molecule has 0 bridgehead atoms. The molecule has 2 unspecified atom stereocenters. The van der Waals surface area contributed by atoms with E-state index in [2.05, 4.69) is 0 Å². The van der Waals surface area contributed by atoms with Crippen molar-refractivity contribution in [1.82, 2.24) is 0 Å². The van der Waals surface area contributed by atoms with Crippen LogP contribution >= 0.6 is 0 Å². The Morgan fingerprint density at radius 2 is 1.00 bits per heavy atom. The molecule has 16 heavy (non-hydrogen) atoms. The van der Waals surface area contributed by atoms with Gasteiger partial charge >= 0.3 is 11.3 Å². The second-order valence-corrected chi connectivity index (χ2v) is 2.80. The fourth-order valence-corrected chi connectivity index (χ4v) is 1.05. The zero-order chi connectivity index (χ0) is 12.7. The Balaban J connectivity index is 3.71. The molecule has 8 heteroatoms. The van der Waals surface area contributed by atoms with Gasteiger partial charge in [0.2, 0.25) is 0 Å². The van der Waals surface area contributed by atoms with Gasteiger partial charge in [0.05, 0.1) is 0 Å². The molecule has 0 radical (unpaired) electrons. The van der Waals surface area contributed by atoms with Crippen LogP contribution in [0.5, 0.6) is 0 Å². The monoisotopic (exact) mass is 238 g/mol. The minimum Gasteiger partial charge on any atom is -0.214 e. The Hall–Kier alpha value is -1.96. The highest BCUT2D eigenvalue weighted by atomic mass is 19.2. The maximum Gasteiger partial charge on any atom is 0.303 e. The van der Waals surface area contributed by atoms with Gasteiger partial charge in [-0.1, -0.05) is 0 Å². The van der Waals surface area contributed by atoms with Crippen LogP contribution in [0.15, 0.2) is 23.3 Å². The normalized spacial score (nSPS) is 34.8. The van der Waals surface area contributed by atoms with Crippen LogP contribution in [0.2, 0.25) is 0 Å². The largest absolute Gasteiger partial charge is 0.303 e. The molecule has 0 amide bonds. The first-order valence-electron chi connectivity index (χ1n) is 3.58. The molecule has 84 valence electrons. The highest BCUT2D eigenvalue weighted by Gasteiger charge is 2.67. The summed E-state index contributed by atoms with van der Waals surface area (Å²) in [5, 5.41) is 16.3. The lowest BCUT2D eigenvalue weighted by Crippen LogP contribution is -2.49. The topological polar surface area (TPSA) is 47.6 Å². The Morgan fingerprint density at radius 1 is 0.750 bits per heavy atom. The Morgan fingerprint density at radius 3 is 1.19 bits per heavy atom. The van der Waals surface area contributed by atoms with Gasteiger partial charge in [0.15, 0.2) is 23.3 Å². The average molecular weight is 238 g/mol. The summed E-state index contributed by atoms with van der Waals surface area (Å²) >= 11 is 0. The molecule has 0 saturated carbocycles. The molecule has 1 aliphatic rings. The molecule has 0 aromatic carbocycles. The molecule has 0 N–H and O–H groups in total. The van der Waals surface area contributed by atoms with Gasteiger partial charge in [0.1, 0.15) is 12.1 Å². The van der Waals surface area contributed by atoms with Crippen LogP contribution in [-0.2, 0) is 0 Å². The minimum absolute atomic E-state index is 0.275. The van der Waals surface area contributed by atoms with Gasteiger partial charge in [0.25, 0.3) is 0 Å². The third kappa shape index (κ3) is 1.07. The number of nitrogens with zero attached hydrogens (tertiary/aromatic N) is 2. The van der Waals surface area contributed by atoms with Gasteiger partial charge in [-0.3, -0.25) is 0 Å². The van der Waals surface area contributed by atoms with Crippen LogP contribution in [0.4, 0.5) is 26.3 Å². The van der Waals surface area contributed by atoms with E-state index in [-0.39, 0.29) is 12.1 Å². The molecule has 2 atom stereocenters. The number of allylic oxidation sites excluding steroid dienone is 4. The molecule has 0 aliphatic heterocycles. The third-order valence-electron chi connectivity index (χ3n) is 1.97. The quantitative estimate of drug-likeness (QED) is 0.609. The van der Waals surface area contributed by atoms with Gasteiger partial charge in [-0.05, 0) is 0 Å². The van der Waals surface area contributed by atoms with E-state index in [1.54, 1.807) is 0 Å². The SMILES string of the molecule is N#CC1(F)C(F)=C(F)C(F)=C(F)C1(F)C#N. The first-order valence-corrected chi connectivity index (χ1v) is 3.58. The van der Waals surface area contributed by atoms with Crippen molar-refractivity contribution in [2.75, 3.05) is 0 Å². The van der Waals surface area contributed by atoms with E-state index < -0.39 is 34.6 Å². The molecule has 0 spiro atoms. The first kappa shape index (κ1) is 12.1. The molecular formula is C8F6N2. The number of hydrogen-bond donors (Lipinski definition) is 0. The summed E-state index contributed by atoms with van der Waals surface area (Å²) in [7, 11) is 0. The summed E-state index contributed by atoms with van der Waals surface area (Å²) in [5.41, 5.74) is -9.10. The van der Waals surface area contributed by atoms with Gasteiger partial charge in [0, 0.05) is 0 Å². The van der Waals surface area contributed by atoms with Crippen molar-refractivity contribution in [2.45, 2.75) is 11.3 Å². The summed E-state index contributed by atoms with van der Waals surface area (Å²) in [5.74, 6) is -11.0. The summed E-state index contributed by atoms with van der Waals surface area (Å²) in [6.07, 6.45) is 0. The predicted octanol–water partition coefficient (Wildman–Crippen LogP) is 2.76. The molecule has 0 saturated heterocycles. The van der Waals surface area contributed by atoms with E-state index in [4.69, 9.17) is 10.5 Å². The lowest BCUT2D eigenvalue weighted by molar-refractivity contribution is 0.0527. The average Bonchev–Trinajstić information content (AvgIpc) is 2.31. The maximum atomic E-state index is 13.3. The third-order valence-corrected chi connectivity index (χ3v) is 1.97. The van der Waals surface area contributed by atoms with E-state index in [1.165, 1.54) is 0 Å². The van der Waals surface area contributed by atoms with Gasteiger partial charge in [-0.25, -0.2) is 26.3 Å². The van der Waals surface area contributed by atoms with Crippen LogP contribution in [0.1, 0.15) is 0 Å². The van der Waals surface area contributed by atoms with Crippen molar-refractivity contribution in [2.24, 2.45) is 0 Å². The van der Waals surface area contributed by atoms with Crippen molar-refractivity contribution >= 4 is 0 Å². The number of hydrogen-bond acceptors (Lipinski definition) is 2. The second kappa shape index (κ2) is 3.27. The molecule has 0 fully saturated rings. The standard InChI is InChI=1S/C8F6N2/c9-3-4(10)6(12)8(14,2-16)7(13,1-15)5(3)11. The second-order valence-electron chi connectivity index (χ2n) is 2.80. The molecular weight excluding hydrogens is 238 g/mol. The Labute approximate surface area is 84.7 Å². The molecule has 1 rings (SSSR count). The number of alkyl halides is 2. The molecule has 0 aromatic heterocycles. The smallest absolute Gasteiger partial charge is 0.214 e. The zero-order valence-electron chi connectivity index (χ0n) is 7.16. The maximum absolute atomic E-state index is 13.3. The summed E-state index contributed by atoms with van der Waals surface area (Å²) in [6, 6.07) is 0.550. The van der Waals surface area contributed by atoms with Crippen molar-refractivity contribution in [3.63, 3.8) is 0 Å². The van der Waals surface area contributed by atoms with Crippen molar-refractivity contribution in [1.29, 1.82) is 10.5 Å². The van der Waals surface area contributed by atoms with Gasteiger partial charge in [-0.15, -0.1) is 0 Å². The fourth-order valence-electron chi connectivity index (χ4n) is 1.05. The Bertz CT molecular complexity index is 450. The van der Waals surface area contributed by atoms with E-state index >= 15 is 0 Å². The van der Waals surface area contributed by atoms with E-state index in [0.717, 1.165) is 0 Å². The molecule has 0 aromatic rings. The van der Waals surface area contributed by atoms with Crippen LogP contribution < -0.4 is 0 Å². The predicted molar refractivity (Wildman–Crippen MR) is 37.4 cm³/mol. The molecule has 2 nitrogen and oxygen atoms in total. The molecule has 0 heterocycles. The van der Waals surface area contributed by atoms with Crippen LogP contribution in [0, 0.1) is 22.7 Å². The van der Waals surface area contributed by atoms with Crippen LogP contribution in [-0.4, -0.2) is 11.3 Å². The van der Waals surface area contributed by atoms with Crippen LogP contribution in [0.25, 0.3) is 0 Å². The Kier molecular flexibility index (Phi) is 2.48. The minimum atomic E-state index is -4.55. The zero-order valence-corrected chi connectivity index (χ0v) is 7.16. The van der Waals surface area contributed by atoms with Crippen molar-refractivity contribution in [3.8, 4) is 12.1 Å². The summed E-state index contributed by atoms with van der Waals surface area (Å²) < 4.78 is 77.4. The van der Waals surface area contributed by atoms with Crippen molar-refractivity contribution < 1.29 is 26.3 Å². The van der Waals surface area contributed by atoms with Crippen molar-refractivity contribution in [3.05, 3.63) is 23.3 Å². The summed E-state index contributed by atoms with van der Waals surface area (Å²) in [6.45, 7) is 0. The van der Waals surface area contributed by atoms with E-state index in [0.29, 0.717) is 0 Å². The first-order chi connectivity index (χ1) is 7.26. The van der Waals surface area contributed by atoms with Crippen LogP contribution in [0.3, 0.4) is 0 Å². The van der Waals surface area contributed by atoms with Gasteiger partial charge < -0.3 is 0 Å². The van der Waals surface area contributed by atoms with Gasteiger partial charge in [-0.2, -0.15) is 10.5 Å². The highest BCUT2D eigenvalue weighted by molar-refractivity contribution is 5.52. The number of rotatable bonds is 0. The lowest BCUT2D eigenvalue weighted by Gasteiger charge is -2.29. The number of nitriles is 2. The summed E-state index contributed by atoms with van der Waals surface area (Å²) in [4.78, 5) is 0.